The van der Waals surface area contributed by atoms with E-state index in [1.807, 2.05) is 12.1 Å². The first-order chi connectivity index (χ1) is 10.7. The second-order valence-electron chi connectivity index (χ2n) is 4.57. The number of hydrogen-bond acceptors (Lipinski definition) is 3. The molecule has 0 radical (unpaired) electrons. The van der Waals surface area contributed by atoms with Crippen molar-refractivity contribution in [3.63, 3.8) is 0 Å². The van der Waals surface area contributed by atoms with Gasteiger partial charge in [-0.2, -0.15) is 0 Å². The van der Waals surface area contributed by atoms with Crippen molar-refractivity contribution < 1.29 is 9.18 Å². The fourth-order valence-corrected chi connectivity index (χ4v) is 2.56. The van der Waals surface area contributed by atoms with Crippen LogP contribution in [0.15, 0.2) is 59.8 Å². The highest BCUT2D eigenvalue weighted by molar-refractivity contribution is 7.99. The molecule has 0 aliphatic carbocycles. The van der Waals surface area contributed by atoms with Crippen LogP contribution in [-0.2, 0) is 4.79 Å². The summed E-state index contributed by atoms with van der Waals surface area (Å²) in [4.78, 5) is 16.6. The lowest BCUT2D eigenvalue weighted by atomic mass is 10.2. The van der Waals surface area contributed by atoms with Crippen molar-refractivity contribution in [2.45, 2.75) is 11.3 Å². The van der Waals surface area contributed by atoms with Crippen LogP contribution in [-0.4, -0.2) is 23.2 Å². The Labute approximate surface area is 133 Å². The number of hydrogen-bond donors (Lipinski definition) is 1. The Morgan fingerprint density at radius 1 is 1.27 bits per heavy atom. The molecule has 0 saturated carbocycles. The van der Waals surface area contributed by atoms with E-state index in [-0.39, 0.29) is 11.7 Å². The van der Waals surface area contributed by atoms with E-state index in [0.29, 0.717) is 6.54 Å². The summed E-state index contributed by atoms with van der Waals surface area (Å²) in [6.45, 7) is 0.615. The third-order valence-corrected chi connectivity index (χ3v) is 3.91. The van der Waals surface area contributed by atoms with Gasteiger partial charge in [0, 0.05) is 29.9 Å². The van der Waals surface area contributed by atoms with E-state index in [4.69, 9.17) is 0 Å². The lowest BCUT2D eigenvalue weighted by molar-refractivity contribution is -0.116. The zero-order chi connectivity index (χ0) is 15.6. The number of nitrogens with one attached hydrogen (secondary N) is 1. The van der Waals surface area contributed by atoms with Gasteiger partial charge < -0.3 is 5.32 Å². The number of rotatable bonds is 7. The smallest absolute Gasteiger partial charge is 0.244 e. The SMILES string of the molecule is O=C(/C=C/c1cccnc1)NCCCSc1ccc(F)cc1. The van der Waals surface area contributed by atoms with Gasteiger partial charge in [0.1, 0.15) is 5.82 Å². The van der Waals surface area contributed by atoms with Crippen LogP contribution in [0.2, 0.25) is 0 Å². The first kappa shape index (κ1) is 16.2. The Hall–Kier alpha value is -2.14. The summed E-state index contributed by atoms with van der Waals surface area (Å²) in [7, 11) is 0. The van der Waals surface area contributed by atoms with E-state index in [2.05, 4.69) is 10.3 Å². The van der Waals surface area contributed by atoms with Crippen LogP contribution in [0.1, 0.15) is 12.0 Å². The Kier molecular flexibility index (Phi) is 6.64. The van der Waals surface area contributed by atoms with Crippen molar-refractivity contribution in [1.82, 2.24) is 10.3 Å². The highest BCUT2D eigenvalue weighted by Crippen LogP contribution is 2.18. The molecule has 3 nitrogen and oxygen atoms in total. The van der Waals surface area contributed by atoms with E-state index in [1.165, 1.54) is 18.2 Å². The standard InChI is InChI=1S/C17H17FN2OS/c18-15-5-7-16(8-6-15)22-12-2-11-20-17(21)9-4-14-3-1-10-19-13-14/h1,3-10,13H,2,11-12H2,(H,20,21)/b9-4+. The molecule has 0 unspecified atom stereocenters. The van der Waals surface area contributed by atoms with E-state index in [1.54, 1.807) is 42.4 Å². The summed E-state index contributed by atoms with van der Waals surface area (Å²) >= 11 is 1.65. The molecular weight excluding hydrogens is 299 g/mol. The monoisotopic (exact) mass is 316 g/mol. The molecule has 114 valence electrons. The maximum Gasteiger partial charge on any atom is 0.244 e. The molecule has 0 bridgehead atoms. The largest absolute Gasteiger partial charge is 0.353 e. The van der Waals surface area contributed by atoms with Crippen molar-refractivity contribution in [3.05, 3.63) is 66.2 Å². The van der Waals surface area contributed by atoms with Crippen LogP contribution in [0.4, 0.5) is 4.39 Å². The topological polar surface area (TPSA) is 42.0 Å². The Morgan fingerprint density at radius 3 is 2.82 bits per heavy atom. The molecule has 1 heterocycles. The number of halogens is 1. The van der Waals surface area contributed by atoms with Gasteiger partial charge in [-0.15, -0.1) is 11.8 Å². The summed E-state index contributed by atoms with van der Waals surface area (Å²) in [6.07, 6.45) is 7.48. The Bertz CT molecular complexity index is 614. The van der Waals surface area contributed by atoms with Gasteiger partial charge >= 0.3 is 0 Å². The average molecular weight is 316 g/mol. The molecule has 1 amide bonds. The van der Waals surface area contributed by atoms with Gasteiger partial charge in [-0.05, 0) is 54.1 Å². The summed E-state index contributed by atoms with van der Waals surface area (Å²) in [5.74, 6) is 0.533. The van der Waals surface area contributed by atoms with Crippen molar-refractivity contribution in [2.75, 3.05) is 12.3 Å². The lowest BCUT2D eigenvalue weighted by Gasteiger charge is -2.03. The maximum absolute atomic E-state index is 12.7. The summed E-state index contributed by atoms with van der Waals surface area (Å²) < 4.78 is 12.7. The number of thioether (sulfide) groups is 1. The third kappa shape index (κ3) is 6.10. The summed E-state index contributed by atoms with van der Waals surface area (Å²) in [5, 5.41) is 2.83. The fraction of sp³-hybridized carbons (Fsp3) is 0.176. The number of nitrogens with zero attached hydrogens (tertiary/aromatic N) is 1. The maximum atomic E-state index is 12.7. The van der Waals surface area contributed by atoms with E-state index in [9.17, 15) is 9.18 Å². The second kappa shape index (κ2) is 9.00. The molecule has 1 aromatic heterocycles. The van der Waals surface area contributed by atoms with Gasteiger partial charge in [-0.25, -0.2) is 4.39 Å². The van der Waals surface area contributed by atoms with Crippen molar-refractivity contribution >= 4 is 23.7 Å². The van der Waals surface area contributed by atoms with Gasteiger partial charge in [0.25, 0.3) is 0 Å². The molecule has 0 aliphatic rings. The number of benzene rings is 1. The van der Waals surface area contributed by atoms with Crippen molar-refractivity contribution in [3.8, 4) is 0 Å². The van der Waals surface area contributed by atoms with Crippen LogP contribution in [0.25, 0.3) is 6.08 Å². The molecule has 0 saturated heterocycles. The molecule has 1 aromatic carbocycles. The van der Waals surface area contributed by atoms with E-state index in [0.717, 1.165) is 22.6 Å². The highest BCUT2D eigenvalue weighted by atomic mass is 32.2. The summed E-state index contributed by atoms with van der Waals surface area (Å²) in [6, 6.07) is 10.1. The van der Waals surface area contributed by atoms with Crippen LogP contribution < -0.4 is 5.32 Å². The van der Waals surface area contributed by atoms with E-state index < -0.39 is 0 Å². The normalized spacial score (nSPS) is 10.8. The van der Waals surface area contributed by atoms with E-state index >= 15 is 0 Å². The number of amides is 1. The van der Waals surface area contributed by atoms with Crippen LogP contribution >= 0.6 is 11.8 Å². The second-order valence-corrected chi connectivity index (χ2v) is 5.73. The lowest BCUT2D eigenvalue weighted by Crippen LogP contribution is -2.22. The number of carbonyl (C=O) groups is 1. The quantitative estimate of drug-likeness (QED) is 0.483. The molecule has 0 spiro atoms. The molecule has 2 aromatic rings. The first-order valence-corrected chi connectivity index (χ1v) is 7.97. The zero-order valence-corrected chi connectivity index (χ0v) is 12.9. The number of carbonyl (C=O) groups excluding carboxylic acids is 1. The molecule has 0 fully saturated rings. The fourth-order valence-electron chi connectivity index (χ4n) is 1.71. The number of aromatic nitrogens is 1. The molecule has 2 rings (SSSR count). The minimum Gasteiger partial charge on any atom is -0.353 e. The molecule has 5 heteroatoms. The molecule has 0 atom stereocenters. The van der Waals surface area contributed by atoms with Gasteiger partial charge in [0.15, 0.2) is 0 Å². The Balaban J connectivity index is 1.61. The predicted molar refractivity (Wildman–Crippen MR) is 88.0 cm³/mol. The Morgan fingerprint density at radius 2 is 2.09 bits per heavy atom. The predicted octanol–water partition coefficient (Wildman–Crippen LogP) is 3.53. The van der Waals surface area contributed by atoms with Gasteiger partial charge in [-0.3, -0.25) is 9.78 Å². The third-order valence-electron chi connectivity index (χ3n) is 2.81. The number of pyridine rings is 1. The van der Waals surface area contributed by atoms with Crippen LogP contribution in [0.5, 0.6) is 0 Å². The van der Waals surface area contributed by atoms with Crippen LogP contribution in [0.3, 0.4) is 0 Å². The minimum atomic E-state index is -0.225. The first-order valence-electron chi connectivity index (χ1n) is 6.98. The van der Waals surface area contributed by atoms with Crippen LogP contribution in [0, 0.1) is 5.82 Å². The van der Waals surface area contributed by atoms with Crippen molar-refractivity contribution in [1.29, 1.82) is 0 Å². The van der Waals surface area contributed by atoms with Gasteiger partial charge in [0.2, 0.25) is 5.91 Å². The molecular formula is C17H17FN2OS. The zero-order valence-electron chi connectivity index (χ0n) is 12.0. The summed E-state index contributed by atoms with van der Waals surface area (Å²) in [5.41, 5.74) is 0.893. The molecule has 22 heavy (non-hydrogen) atoms. The van der Waals surface area contributed by atoms with Crippen molar-refractivity contribution in [2.24, 2.45) is 0 Å². The molecule has 1 N–H and O–H groups in total. The minimum absolute atomic E-state index is 0.115. The average Bonchev–Trinajstić information content (AvgIpc) is 2.55. The van der Waals surface area contributed by atoms with Gasteiger partial charge in [-0.1, -0.05) is 6.07 Å². The highest BCUT2D eigenvalue weighted by Gasteiger charge is 1.97. The van der Waals surface area contributed by atoms with Gasteiger partial charge in [0.05, 0.1) is 0 Å². The molecule has 0 aliphatic heterocycles.